The second-order valence-electron chi connectivity index (χ2n) is 1.85. The van der Waals surface area contributed by atoms with E-state index >= 15 is 0 Å². The van der Waals surface area contributed by atoms with E-state index in [0.717, 1.165) is 4.47 Å². The molecule has 0 amide bonds. The maximum Gasteiger partial charge on any atom is 0.0181 e. The van der Waals surface area contributed by atoms with Crippen LogP contribution < -0.4 is 0 Å². The summed E-state index contributed by atoms with van der Waals surface area (Å²) in [7, 11) is 0. The molecule has 0 fully saturated rings. The highest BCUT2D eigenvalue weighted by atomic mass is 79.9. The summed E-state index contributed by atoms with van der Waals surface area (Å²) in [6.45, 7) is 0. The summed E-state index contributed by atoms with van der Waals surface area (Å²) in [5.41, 5.74) is 1.19. The van der Waals surface area contributed by atoms with Crippen LogP contribution in [-0.2, 0) is 0 Å². The fraction of sp³-hybridized carbons (Fsp3) is 0. The lowest BCUT2D eigenvalue weighted by molar-refractivity contribution is 1.61. The molecule has 0 unspecified atom stereocenters. The number of rotatable bonds is 1. The highest BCUT2D eigenvalue weighted by molar-refractivity contribution is 9.11. The van der Waals surface area contributed by atoms with E-state index in [4.69, 9.17) is 0 Å². The lowest BCUT2D eigenvalue weighted by atomic mass is 10.2. The second-order valence-corrected chi connectivity index (χ2v) is 3.29. The van der Waals surface area contributed by atoms with Crippen molar-refractivity contribution in [2.24, 2.45) is 0 Å². The van der Waals surface area contributed by atoms with E-state index in [9.17, 15) is 0 Å². The Balaban J connectivity index is 2.95. The van der Waals surface area contributed by atoms with Gasteiger partial charge < -0.3 is 0 Å². The van der Waals surface area contributed by atoms with Crippen molar-refractivity contribution in [3.05, 3.63) is 39.3 Å². The highest BCUT2D eigenvalue weighted by Gasteiger charge is 1.86. The van der Waals surface area contributed by atoms with E-state index < -0.39 is 0 Å². The van der Waals surface area contributed by atoms with Crippen molar-refractivity contribution >= 4 is 37.9 Å². The highest BCUT2D eigenvalue weighted by Crippen LogP contribution is 2.12. The van der Waals surface area contributed by atoms with E-state index in [-0.39, 0.29) is 0 Å². The largest absolute Gasteiger partial charge is 0.0606 e. The summed E-state index contributed by atoms with van der Waals surface area (Å²) in [6.07, 6.45) is 1.99. The van der Waals surface area contributed by atoms with Crippen LogP contribution in [0.1, 0.15) is 5.56 Å². The molecule has 0 spiro atoms. The minimum absolute atomic E-state index is 1.11. The summed E-state index contributed by atoms with van der Waals surface area (Å²) in [4.78, 5) is 1.84. The molecule has 0 atom stereocenters. The van der Waals surface area contributed by atoms with Crippen LogP contribution in [0.15, 0.2) is 33.7 Å². The smallest absolute Gasteiger partial charge is 0.0181 e. The van der Waals surface area contributed by atoms with Crippen molar-refractivity contribution in [3.8, 4) is 0 Å². The van der Waals surface area contributed by atoms with Gasteiger partial charge >= 0.3 is 0 Å². The first-order chi connectivity index (χ1) is 4.83. The molecule has 1 aromatic rings. The van der Waals surface area contributed by atoms with Gasteiger partial charge in [-0.3, -0.25) is 0 Å². The van der Waals surface area contributed by atoms with Gasteiger partial charge in [-0.2, -0.15) is 0 Å². The maximum absolute atomic E-state index is 3.38. The molecule has 0 nitrogen and oxygen atoms in total. The Morgan fingerprint density at radius 2 is 2.10 bits per heavy atom. The van der Waals surface area contributed by atoms with Crippen molar-refractivity contribution in [1.82, 2.24) is 0 Å². The van der Waals surface area contributed by atoms with Crippen LogP contribution >= 0.6 is 31.9 Å². The molecule has 0 heterocycles. The van der Waals surface area contributed by atoms with Gasteiger partial charge in [-0.25, -0.2) is 0 Å². The van der Waals surface area contributed by atoms with E-state index in [2.05, 4.69) is 37.9 Å². The number of hydrogen-bond donors (Lipinski definition) is 0. The molecule has 0 aliphatic heterocycles. The van der Waals surface area contributed by atoms with Gasteiger partial charge in [0.1, 0.15) is 0 Å². The summed E-state index contributed by atoms with van der Waals surface area (Å²) in [6, 6.07) is 8.11. The fourth-order valence-electron chi connectivity index (χ4n) is 0.683. The van der Waals surface area contributed by atoms with Crippen molar-refractivity contribution in [1.29, 1.82) is 0 Å². The molecule has 0 bridgehead atoms. The van der Waals surface area contributed by atoms with E-state index in [1.807, 2.05) is 29.3 Å². The Bertz CT molecular complexity index is 241. The summed E-state index contributed by atoms with van der Waals surface area (Å²) in [5.74, 6) is 0. The van der Waals surface area contributed by atoms with Crippen LogP contribution in [0.3, 0.4) is 0 Å². The number of benzene rings is 1. The van der Waals surface area contributed by atoms with Crippen molar-refractivity contribution < 1.29 is 0 Å². The van der Waals surface area contributed by atoms with Gasteiger partial charge in [0.05, 0.1) is 0 Å². The standard InChI is InChI=1S/C8H6Br2/c9-5-4-7-2-1-3-8(10)6-7/h1-6H/b5-4-. The van der Waals surface area contributed by atoms with Gasteiger partial charge in [0.15, 0.2) is 0 Å². The van der Waals surface area contributed by atoms with Crippen LogP contribution in [0.5, 0.6) is 0 Å². The zero-order valence-corrected chi connectivity index (χ0v) is 8.39. The molecule has 1 aromatic carbocycles. The zero-order chi connectivity index (χ0) is 7.40. The molecule has 0 N–H and O–H groups in total. The monoisotopic (exact) mass is 260 g/mol. The Hall–Kier alpha value is -0.0800. The quantitative estimate of drug-likeness (QED) is 0.721. The average molecular weight is 262 g/mol. The third kappa shape index (κ3) is 2.27. The summed E-state index contributed by atoms with van der Waals surface area (Å²) < 4.78 is 1.11. The molecule has 0 radical (unpaired) electrons. The van der Waals surface area contributed by atoms with E-state index in [1.54, 1.807) is 0 Å². The predicted octanol–water partition coefficient (Wildman–Crippen LogP) is 3.81. The van der Waals surface area contributed by atoms with Crippen LogP contribution in [0.2, 0.25) is 0 Å². The van der Waals surface area contributed by atoms with Crippen molar-refractivity contribution in [2.45, 2.75) is 0 Å². The van der Waals surface area contributed by atoms with Crippen LogP contribution in [-0.4, -0.2) is 0 Å². The third-order valence-corrected chi connectivity index (χ3v) is 1.86. The maximum atomic E-state index is 3.38. The molecule has 0 saturated carbocycles. The Morgan fingerprint density at radius 3 is 2.70 bits per heavy atom. The Labute approximate surface area is 77.2 Å². The molecule has 0 saturated heterocycles. The van der Waals surface area contributed by atoms with Gasteiger partial charge in [0, 0.05) is 4.47 Å². The van der Waals surface area contributed by atoms with Crippen molar-refractivity contribution in [2.75, 3.05) is 0 Å². The minimum Gasteiger partial charge on any atom is -0.0606 e. The van der Waals surface area contributed by atoms with Crippen LogP contribution in [0, 0.1) is 0 Å². The SMILES string of the molecule is Br/C=C\c1cccc(Br)c1. The normalized spacial score (nSPS) is 10.6. The molecule has 0 aliphatic carbocycles. The first kappa shape index (κ1) is 8.02. The number of halogens is 2. The van der Waals surface area contributed by atoms with E-state index in [1.165, 1.54) is 5.56 Å². The van der Waals surface area contributed by atoms with Crippen molar-refractivity contribution in [3.63, 3.8) is 0 Å². The Kier molecular flexibility index (Phi) is 3.16. The fourth-order valence-corrected chi connectivity index (χ4v) is 1.41. The van der Waals surface area contributed by atoms with Gasteiger partial charge in [-0.15, -0.1) is 0 Å². The van der Waals surface area contributed by atoms with Gasteiger partial charge in [0.25, 0.3) is 0 Å². The zero-order valence-electron chi connectivity index (χ0n) is 5.22. The minimum atomic E-state index is 1.11. The lowest BCUT2D eigenvalue weighted by Crippen LogP contribution is -1.68. The Morgan fingerprint density at radius 1 is 1.30 bits per heavy atom. The average Bonchev–Trinajstić information content (AvgIpc) is 1.88. The third-order valence-electron chi connectivity index (χ3n) is 1.10. The van der Waals surface area contributed by atoms with Gasteiger partial charge in [-0.1, -0.05) is 44.0 Å². The molecule has 0 aromatic heterocycles. The topological polar surface area (TPSA) is 0 Å². The van der Waals surface area contributed by atoms with Gasteiger partial charge in [-0.05, 0) is 28.8 Å². The van der Waals surface area contributed by atoms with E-state index in [0.29, 0.717) is 0 Å². The van der Waals surface area contributed by atoms with Gasteiger partial charge in [0.2, 0.25) is 0 Å². The molecule has 2 heteroatoms. The lowest BCUT2D eigenvalue weighted by Gasteiger charge is -1.91. The second kappa shape index (κ2) is 3.94. The van der Waals surface area contributed by atoms with Crippen LogP contribution in [0.25, 0.3) is 6.08 Å². The molecule has 52 valence electrons. The molecular formula is C8H6Br2. The summed E-state index contributed by atoms with van der Waals surface area (Å²) >= 11 is 6.60. The first-order valence-corrected chi connectivity index (χ1v) is 4.56. The molecule has 10 heavy (non-hydrogen) atoms. The molecule has 0 aliphatic rings. The first-order valence-electron chi connectivity index (χ1n) is 2.85. The molecule has 1 rings (SSSR count). The number of hydrogen-bond acceptors (Lipinski definition) is 0. The summed E-state index contributed by atoms with van der Waals surface area (Å²) in [5, 5.41) is 0. The van der Waals surface area contributed by atoms with Crippen LogP contribution in [0.4, 0.5) is 0 Å². The predicted molar refractivity (Wildman–Crippen MR) is 52.1 cm³/mol. The molecular weight excluding hydrogens is 256 g/mol.